The molecule has 5 N–H and O–H groups in total. The largest absolute Gasteiger partial charge is 0.370 e. The van der Waals surface area contributed by atoms with E-state index in [1.54, 1.807) is 44.3 Å². The summed E-state index contributed by atoms with van der Waals surface area (Å²) in [6, 6.07) is 4.62. The lowest BCUT2D eigenvalue weighted by Crippen LogP contribution is -2.99. The second-order valence-corrected chi connectivity index (χ2v) is 9.47. The van der Waals surface area contributed by atoms with E-state index in [1.807, 2.05) is 0 Å². The number of halogens is 1. The van der Waals surface area contributed by atoms with Crippen molar-refractivity contribution in [3.05, 3.63) is 28.8 Å². The molecule has 3 aliphatic rings. The molecule has 4 atom stereocenters. The number of nitrogens with one attached hydrogen (secondary N) is 1. The van der Waals surface area contributed by atoms with E-state index in [-0.39, 0.29) is 24.1 Å². The number of hydrogen-bond donors (Lipinski definition) is 3. The van der Waals surface area contributed by atoms with E-state index in [2.05, 4.69) is 5.32 Å². The number of quaternary nitrogens is 1. The highest BCUT2D eigenvalue weighted by atomic mass is 35.5. The highest BCUT2D eigenvalue weighted by molar-refractivity contribution is 6.31. The van der Waals surface area contributed by atoms with Crippen LogP contribution in [-0.2, 0) is 24.7 Å². The Hall–Kier alpha value is -2.45. The number of fused-ring (bicyclic) bond motifs is 4. The number of rotatable bonds is 3. The summed E-state index contributed by atoms with van der Waals surface area (Å²) in [6.07, 6.45) is 0.375. The first-order valence-electron chi connectivity index (χ1n) is 9.62. The van der Waals surface area contributed by atoms with Crippen molar-refractivity contribution in [3.8, 4) is 0 Å². The number of nitrogens with zero attached hydrogens (tertiary/aromatic N) is 1. The predicted molar refractivity (Wildman–Crippen MR) is 104 cm³/mol. The molecule has 4 rings (SSSR count). The number of benzene rings is 1. The van der Waals surface area contributed by atoms with Crippen LogP contribution in [0.3, 0.4) is 0 Å². The van der Waals surface area contributed by atoms with Crippen LogP contribution >= 0.6 is 11.6 Å². The molecule has 2 fully saturated rings. The number of imide groups is 1. The number of amides is 4. The van der Waals surface area contributed by atoms with Crippen LogP contribution in [0.1, 0.15) is 39.2 Å². The Bertz CT molecular complexity index is 956. The highest BCUT2D eigenvalue weighted by Gasteiger charge is 2.74. The third kappa shape index (κ3) is 2.69. The molecular formula is C20H24ClN4O4+. The maximum absolute atomic E-state index is 13.5. The van der Waals surface area contributed by atoms with Crippen LogP contribution < -0.4 is 16.4 Å². The molecule has 0 unspecified atom stereocenters. The molecule has 0 saturated carbocycles. The van der Waals surface area contributed by atoms with Gasteiger partial charge in [-0.1, -0.05) is 11.6 Å². The summed E-state index contributed by atoms with van der Waals surface area (Å²) < 4.78 is 0. The molecular weight excluding hydrogens is 396 g/mol. The number of primary amides is 1. The monoisotopic (exact) mass is 419 g/mol. The third-order valence-electron chi connectivity index (χ3n) is 6.23. The van der Waals surface area contributed by atoms with Crippen molar-refractivity contribution in [1.29, 1.82) is 0 Å². The first kappa shape index (κ1) is 19.8. The minimum atomic E-state index is -1.29. The summed E-state index contributed by atoms with van der Waals surface area (Å²) >= 11 is 6.20. The van der Waals surface area contributed by atoms with Gasteiger partial charge in [0.15, 0.2) is 0 Å². The van der Waals surface area contributed by atoms with Gasteiger partial charge in [0.2, 0.25) is 23.3 Å². The van der Waals surface area contributed by atoms with Gasteiger partial charge in [0.25, 0.3) is 5.91 Å². The molecule has 0 radical (unpaired) electrons. The van der Waals surface area contributed by atoms with Gasteiger partial charge in [-0.15, -0.1) is 0 Å². The summed E-state index contributed by atoms with van der Waals surface area (Å²) in [5, 5.41) is 5.06. The van der Waals surface area contributed by atoms with Crippen molar-refractivity contribution in [2.75, 3.05) is 5.32 Å². The summed E-state index contributed by atoms with van der Waals surface area (Å²) in [5.41, 5.74) is 4.49. The van der Waals surface area contributed by atoms with Crippen LogP contribution in [-0.4, -0.2) is 40.1 Å². The molecule has 8 nitrogen and oxygen atoms in total. The van der Waals surface area contributed by atoms with Crippen LogP contribution in [0.5, 0.6) is 0 Å². The normalized spacial score (nSPS) is 30.7. The third-order valence-corrected chi connectivity index (χ3v) is 6.46. The van der Waals surface area contributed by atoms with Gasteiger partial charge in [0.05, 0.1) is 5.69 Å². The Kier molecular flexibility index (Phi) is 4.29. The number of likely N-dealkylation sites (tertiary alicyclic amines) is 1. The molecule has 1 spiro atoms. The Balaban J connectivity index is 1.88. The molecule has 0 aliphatic carbocycles. The summed E-state index contributed by atoms with van der Waals surface area (Å²) in [5.74, 6) is -3.09. The Morgan fingerprint density at radius 3 is 2.59 bits per heavy atom. The maximum atomic E-state index is 13.5. The Morgan fingerprint density at radius 2 is 1.97 bits per heavy atom. The Labute approximate surface area is 173 Å². The van der Waals surface area contributed by atoms with Crippen LogP contribution in [0.25, 0.3) is 0 Å². The second kappa shape index (κ2) is 6.27. The molecule has 2 saturated heterocycles. The van der Waals surface area contributed by atoms with Crippen molar-refractivity contribution >= 4 is 40.9 Å². The molecule has 154 valence electrons. The number of carbonyl (C=O) groups is 4. The fraction of sp³-hybridized carbons (Fsp3) is 0.500. The predicted octanol–water partition coefficient (Wildman–Crippen LogP) is 0.0982. The standard InChI is InChI=1S/C20H23ClN4O4/c1-19(2,3)25-16(27)14-12(6-7-13(22)26)24-20(15(14)17(25)28)10-8-9(21)4-5-11(10)23-18(20)29/h4-5,8,12,14-15,24H,6-7H2,1-3H3,(H2,22,26)(H,23,29)/p+1/t12-,14+,15-,20-/m0/s1. The van der Waals surface area contributed by atoms with Crippen molar-refractivity contribution in [2.24, 2.45) is 17.6 Å². The fourth-order valence-electron chi connectivity index (χ4n) is 5.17. The van der Waals surface area contributed by atoms with Crippen molar-refractivity contribution in [3.63, 3.8) is 0 Å². The lowest BCUT2D eigenvalue weighted by molar-refractivity contribution is -0.734. The van der Waals surface area contributed by atoms with Gasteiger partial charge < -0.3 is 16.4 Å². The second-order valence-electron chi connectivity index (χ2n) is 9.03. The number of hydrogen-bond acceptors (Lipinski definition) is 4. The lowest BCUT2D eigenvalue weighted by atomic mass is 9.76. The minimum Gasteiger partial charge on any atom is -0.370 e. The first-order valence-corrected chi connectivity index (χ1v) is 10.00. The van der Waals surface area contributed by atoms with Crippen molar-refractivity contribution in [1.82, 2.24) is 4.90 Å². The van der Waals surface area contributed by atoms with Gasteiger partial charge in [-0.3, -0.25) is 24.1 Å². The molecule has 0 aromatic heterocycles. The number of nitrogens with two attached hydrogens (primary N) is 2. The average Bonchev–Trinajstić information content (AvgIpc) is 3.18. The summed E-state index contributed by atoms with van der Waals surface area (Å²) in [4.78, 5) is 52.7. The molecule has 1 aromatic rings. The van der Waals surface area contributed by atoms with Gasteiger partial charge in [-0.2, -0.15) is 0 Å². The number of carbonyl (C=O) groups excluding carboxylic acids is 4. The van der Waals surface area contributed by atoms with Crippen LogP contribution in [0, 0.1) is 11.8 Å². The van der Waals surface area contributed by atoms with E-state index < -0.39 is 34.9 Å². The van der Waals surface area contributed by atoms with Crippen LogP contribution in [0.2, 0.25) is 5.02 Å². The molecule has 29 heavy (non-hydrogen) atoms. The summed E-state index contributed by atoms with van der Waals surface area (Å²) in [6.45, 7) is 5.37. The zero-order valence-corrected chi connectivity index (χ0v) is 17.2. The van der Waals surface area contributed by atoms with E-state index in [0.29, 0.717) is 22.7 Å². The van der Waals surface area contributed by atoms with E-state index >= 15 is 0 Å². The first-order chi connectivity index (χ1) is 13.5. The number of anilines is 1. The van der Waals surface area contributed by atoms with Crippen molar-refractivity contribution < 1.29 is 24.5 Å². The van der Waals surface area contributed by atoms with Crippen LogP contribution in [0.15, 0.2) is 18.2 Å². The van der Waals surface area contributed by atoms with E-state index in [4.69, 9.17) is 17.3 Å². The van der Waals surface area contributed by atoms with Gasteiger partial charge >= 0.3 is 0 Å². The molecule has 3 heterocycles. The summed E-state index contributed by atoms with van der Waals surface area (Å²) in [7, 11) is 0. The lowest BCUT2D eigenvalue weighted by Gasteiger charge is -2.33. The van der Waals surface area contributed by atoms with Gasteiger partial charge in [-0.05, 0) is 39.0 Å². The molecule has 1 aromatic carbocycles. The highest BCUT2D eigenvalue weighted by Crippen LogP contribution is 2.51. The van der Waals surface area contributed by atoms with Gasteiger partial charge in [0, 0.05) is 29.0 Å². The van der Waals surface area contributed by atoms with Gasteiger partial charge in [0.1, 0.15) is 17.9 Å². The molecule has 3 aliphatic heterocycles. The SMILES string of the molecule is CC(C)(C)N1C(=O)[C@@H]2[C@H](CCC(N)=O)[NH2+][C@]3(C(=O)Nc4ccc(Cl)cc43)[C@@H]2C1=O. The fourth-order valence-corrected chi connectivity index (χ4v) is 5.34. The average molecular weight is 420 g/mol. The van der Waals surface area contributed by atoms with E-state index in [1.165, 1.54) is 4.90 Å². The zero-order valence-electron chi connectivity index (χ0n) is 16.5. The van der Waals surface area contributed by atoms with Gasteiger partial charge in [-0.25, -0.2) is 0 Å². The van der Waals surface area contributed by atoms with Crippen LogP contribution in [0.4, 0.5) is 5.69 Å². The quantitative estimate of drug-likeness (QED) is 0.600. The molecule has 0 bridgehead atoms. The topological polar surface area (TPSA) is 126 Å². The van der Waals surface area contributed by atoms with E-state index in [9.17, 15) is 19.2 Å². The minimum absolute atomic E-state index is 0.0709. The maximum Gasteiger partial charge on any atom is 0.291 e. The zero-order chi connectivity index (χ0) is 21.3. The molecule has 9 heteroatoms. The Morgan fingerprint density at radius 1 is 1.28 bits per heavy atom. The molecule has 4 amide bonds. The smallest absolute Gasteiger partial charge is 0.291 e. The van der Waals surface area contributed by atoms with Crippen molar-refractivity contribution in [2.45, 2.75) is 50.7 Å². The van der Waals surface area contributed by atoms with E-state index in [0.717, 1.165) is 0 Å².